The molecule has 9 heavy (non-hydrogen) atoms. The second kappa shape index (κ2) is 3.25. The summed E-state index contributed by atoms with van der Waals surface area (Å²) in [7, 11) is 0.124. The van der Waals surface area contributed by atoms with Crippen LogP contribution in [0.3, 0.4) is 0 Å². The van der Waals surface area contributed by atoms with Gasteiger partial charge in [0.05, 0.1) is 0 Å². The quantitative estimate of drug-likeness (QED) is 0.248. The van der Waals surface area contributed by atoms with E-state index in [0.717, 1.165) is 0 Å². The van der Waals surface area contributed by atoms with E-state index in [9.17, 15) is 0 Å². The van der Waals surface area contributed by atoms with Crippen molar-refractivity contribution < 1.29 is 24.9 Å². The van der Waals surface area contributed by atoms with Crippen LogP contribution in [0.15, 0.2) is 0 Å². The molecular weight excluding hydrogens is 144 g/mol. The Morgan fingerprint density at radius 3 is 2.00 bits per heavy atom. The zero-order valence-corrected chi connectivity index (χ0v) is 6.98. The van der Waals surface area contributed by atoms with Crippen molar-refractivity contribution in [2.75, 3.05) is 6.61 Å². The van der Waals surface area contributed by atoms with E-state index in [1.54, 1.807) is 0 Å². The molecule has 5 nitrogen and oxygen atoms in total. The lowest BCUT2D eigenvalue weighted by molar-refractivity contribution is -0.286. The molecule has 0 radical (unpaired) electrons. The van der Waals surface area contributed by atoms with Crippen molar-refractivity contribution in [3.8, 4) is 0 Å². The predicted molar refractivity (Wildman–Crippen MR) is 31.3 cm³/mol. The van der Waals surface area contributed by atoms with E-state index in [4.69, 9.17) is 20.4 Å². The fraction of sp³-hybridized carbons (Fsp3) is 1.00. The van der Waals surface area contributed by atoms with Gasteiger partial charge in [-0.05, 0) is 0 Å². The van der Waals surface area contributed by atoms with Gasteiger partial charge in [0.15, 0.2) is 0 Å². The molecule has 0 saturated heterocycles. The molecule has 0 aliphatic rings. The Balaban J connectivity index is 3.92. The normalized spacial score (nSPS) is 18.3. The van der Waals surface area contributed by atoms with Gasteiger partial charge in [0, 0.05) is 0 Å². The Morgan fingerprint density at radius 2 is 2.00 bits per heavy atom. The predicted octanol–water partition coefficient (Wildman–Crippen LogP) is -3.72. The minimum absolute atomic E-state index is 0.124. The lowest BCUT2D eigenvalue weighted by atomic mass is 10.3. The molecule has 0 aromatic rings. The highest BCUT2D eigenvalue weighted by Gasteiger charge is 2.32. The van der Waals surface area contributed by atoms with E-state index in [1.807, 2.05) is 0 Å². The first-order valence-electron chi connectivity index (χ1n) is 2.31. The average molecular weight is 154 g/mol. The maximum absolute atomic E-state index is 8.77. The molecule has 0 saturated carbocycles. The molecule has 0 heterocycles. The number of rotatable bonds is 3. The third-order valence-corrected chi connectivity index (χ3v) is 1.69. The molecule has 4 N–H and O–H groups in total. The van der Waals surface area contributed by atoms with E-state index in [-0.39, 0.29) is 10.5 Å². The first-order valence-corrected chi connectivity index (χ1v) is 3.13. The van der Waals surface area contributed by atoms with Crippen LogP contribution in [-0.2, 0) is 4.43 Å². The summed E-state index contributed by atoms with van der Waals surface area (Å²) in [6.45, 7) is -0.825. The highest BCUT2D eigenvalue weighted by Crippen LogP contribution is 2.06. The maximum atomic E-state index is 8.77. The van der Waals surface area contributed by atoms with Crippen molar-refractivity contribution in [3.05, 3.63) is 0 Å². The molecule has 1 atom stereocenters. The molecule has 6 heteroatoms. The summed E-state index contributed by atoms with van der Waals surface area (Å²) in [4.78, 5) is 0. The average Bonchev–Trinajstić information content (AvgIpc) is 1.86. The molecule has 56 valence electrons. The summed E-state index contributed by atoms with van der Waals surface area (Å²) in [6, 6.07) is 0. The van der Waals surface area contributed by atoms with Crippen molar-refractivity contribution in [1.82, 2.24) is 0 Å². The maximum Gasteiger partial charge on any atom is 0.231 e. The van der Waals surface area contributed by atoms with Gasteiger partial charge in [0.25, 0.3) is 0 Å². The molecule has 0 aromatic heterocycles. The highest BCUT2D eigenvalue weighted by atomic mass is 28.2. The summed E-state index contributed by atoms with van der Waals surface area (Å²) < 4.78 is 4.29. The van der Waals surface area contributed by atoms with Crippen LogP contribution in [0.1, 0.15) is 0 Å². The van der Waals surface area contributed by atoms with E-state index >= 15 is 0 Å². The fourth-order valence-electron chi connectivity index (χ4n) is 0.252. The summed E-state index contributed by atoms with van der Waals surface area (Å²) in [5.41, 5.74) is 0. The van der Waals surface area contributed by atoms with Gasteiger partial charge in [0.1, 0.15) is 17.1 Å². The van der Waals surface area contributed by atoms with Gasteiger partial charge in [-0.15, -0.1) is 0 Å². The minimum Gasteiger partial charge on any atom is -0.396 e. The number of aliphatic hydroxyl groups is 4. The Bertz CT molecular complexity index is 80.3. The first-order chi connectivity index (χ1) is 4.06. The first kappa shape index (κ1) is 9.02. The van der Waals surface area contributed by atoms with Crippen LogP contribution in [0.4, 0.5) is 0 Å². The van der Waals surface area contributed by atoms with E-state index in [2.05, 4.69) is 4.43 Å². The minimum atomic E-state index is -2.19. The van der Waals surface area contributed by atoms with Crippen LogP contribution in [0.5, 0.6) is 0 Å². The van der Waals surface area contributed by atoms with Crippen molar-refractivity contribution in [2.24, 2.45) is 0 Å². The number of hydrogen-bond acceptors (Lipinski definition) is 5. The SMILES string of the molecule is OCC(O)(O[SiH3])C(O)O. The van der Waals surface area contributed by atoms with Crippen LogP contribution < -0.4 is 0 Å². The van der Waals surface area contributed by atoms with Crippen LogP contribution in [0, 0.1) is 0 Å². The van der Waals surface area contributed by atoms with Crippen molar-refractivity contribution >= 4 is 10.5 Å². The summed E-state index contributed by atoms with van der Waals surface area (Å²) in [6.07, 6.45) is -2.06. The molecule has 0 spiro atoms. The lowest BCUT2D eigenvalue weighted by Gasteiger charge is -2.25. The topological polar surface area (TPSA) is 90.2 Å². The van der Waals surface area contributed by atoms with Gasteiger partial charge in [-0.3, -0.25) is 0 Å². The Kier molecular flexibility index (Phi) is 3.26. The summed E-state index contributed by atoms with van der Waals surface area (Å²) >= 11 is 0. The lowest BCUT2D eigenvalue weighted by Crippen LogP contribution is -2.47. The molecule has 0 aliphatic carbocycles. The van der Waals surface area contributed by atoms with Crippen LogP contribution in [0.25, 0.3) is 0 Å². The second-order valence-corrected chi connectivity index (χ2v) is 1.99. The van der Waals surface area contributed by atoms with Crippen molar-refractivity contribution in [2.45, 2.75) is 12.1 Å². The summed E-state index contributed by atoms with van der Waals surface area (Å²) in [5, 5.41) is 33.7. The Morgan fingerprint density at radius 1 is 1.56 bits per heavy atom. The van der Waals surface area contributed by atoms with Gasteiger partial charge in [-0.1, -0.05) is 0 Å². The molecule has 0 aliphatic heterocycles. The highest BCUT2D eigenvalue weighted by molar-refractivity contribution is 5.98. The van der Waals surface area contributed by atoms with Gasteiger partial charge in [0.2, 0.25) is 12.1 Å². The molecule has 0 rings (SSSR count). The summed E-state index contributed by atoms with van der Waals surface area (Å²) in [5.74, 6) is -2.19. The molecule has 0 amide bonds. The number of aliphatic hydroxyl groups excluding tert-OH is 2. The van der Waals surface area contributed by atoms with Crippen molar-refractivity contribution in [1.29, 1.82) is 0 Å². The van der Waals surface area contributed by atoms with E-state index < -0.39 is 18.7 Å². The third kappa shape index (κ3) is 2.01. The number of hydrogen-bond donors (Lipinski definition) is 4. The van der Waals surface area contributed by atoms with Gasteiger partial charge < -0.3 is 24.9 Å². The van der Waals surface area contributed by atoms with Crippen LogP contribution in [0.2, 0.25) is 0 Å². The zero-order chi connectivity index (χ0) is 7.49. The van der Waals surface area contributed by atoms with Crippen LogP contribution in [-0.4, -0.2) is 49.6 Å². The largest absolute Gasteiger partial charge is 0.396 e. The van der Waals surface area contributed by atoms with Gasteiger partial charge in [-0.2, -0.15) is 0 Å². The third-order valence-electron chi connectivity index (χ3n) is 0.983. The molecule has 0 aromatic carbocycles. The van der Waals surface area contributed by atoms with Crippen LogP contribution >= 0.6 is 0 Å². The van der Waals surface area contributed by atoms with E-state index in [1.165, 1.54) is 0 Å². The Labute approximate surface area is 55.1 Å². The molecule has 1 unspecified atom stereocenters. The fourth-order valence-corrected chi connectivity index (χ4v) is 0.592. The molecular formula is C3H10O5Si. The Hall–Kier alpha value is 0.0169. The standard InChI is InChI=1S/C3H10O5Si/c4-1-3(7,8-9)2(5)6/h2,4-7H,1H2,9H3. The monoisotopic (exact) mass is 154 g/mol. The second-order valence-electron chi connectivity index (χ2n) is 1.58. The zero-order valence-electron chi connectivity index (χ0n) is 4.98. The van der Waals surface area contributed by atoms with Gasteiger partial charge >= 0.3 is 0 Å². The smallest absolute Gasteiger partial charge is 0.231 e. The van der Waals surface area contributed by atoms with E-state index in [0.29, 0.717) is 0 Å². The molecule has 0 bridgehead atoms. The van der Waals surface area contributed by atoms with Gasteiger partial charge in [-0.25, -0.2) is 0 Å². The van der Waals surface area contributed by atoms with Crippen molar-refractivity contribution in [3.63, 3.8) is 0 Å². The molecule has 0 fully saturated rings.